The molecule has 0 spiro atoms. The van der Waals surface area contributed by atoms with E-state index in [2.05, 4.69) is 4.98 Å². The van der Waals surface area contributed by atoms with Crippen molar-refractivity contribution in [2.75, 3.05) is 18.1 Å². The first-order chi connectivity index (χ1) is 7.57. The summed E-state index contributed by atoms with van der Waals surface area (Å²) in [5, 5.41) is 9.02. The van der Waals surface area contributed by atoms with Crippen LogP contribution in [0.4, 0.5) is 5.82 Å². The maximum atomic E-state index is 11.5. The van der Waals surface area contributed by atoms with Crippen LogP contribution in [0.3, 0.4) is 0 Å². The van der Waals surface area contributed by atoms with Crippen LogP contribution in [0.15, 0.2) is 18.3 Å². The predicted molar refractivity (Wildman–Crippen MR) is 63.8 cm³/mol. The van der Waals surface area contributed by atoms with Gasteiger partial charge in [0.05, 0.1) is 12.2 Å². The van der Waals surface area contributed by atoms with Gasteiger partial charge in [-0.3, -0.25) is 4.79 Å². The standard InChI is InChI=1S/C12H18N2O2/c1-9(2)14(7-8-15)12-11(10(3)16)5-4-6-13-12/h4-6,9,15H,7-8H2,1-3H3. The Labute approximate surface area is 95.9 Å². The van der Waals surface area contributed by atoms with E-state index in [4.69, 9.17) is 5.11 Å². The topological polar surface area (TPSA) is 53.4 Å². The molecule has 0 saturated heterocycles. The highest BCUT2D eigenvalue weighted by molar-refractivity contribution is 5.98. The Bertz CT molecular complexity index is 364. The zero-order chi connectivity index (χ0) is 12.1. The van der Waals surface area contributed by atoms with Crippen molar-refractivity contribution in [2.45, 2.75) is 26.8 Å². The van der Waals surface area contributed by atoms with Gasteiger partial charge in [-0.05, 0) is 32.9 Å². The zero-order valence-corrected chi connectivity index (χ0v) is 9.97. The van der Waals surface area contributed by atoms with Crippen molar-refractivity contribution in [1.29, 1.82) is 0 Å². The summed E-state index contributed by atoms with van der Waals surface area (Å²) in [6, 6.07) is 3.70. The molecule has 0 fully saturated rings. The fourth-order valence-electron chi connectivity index (χ4n) is 1.62. The van der Waals surface area contributed by atoms with Crippen LogP contribution < -0.4 is 4.90 Å². The van der Waals surface area contributed by atoms with Crippen LogP contribution in [0.2, 0.25) is 0 Å². The fourth-order valence-corrected chi connectivity index (χ4v) is 1.62. The van der Waals surface area contributed by atoms with Crippen molar-refractivity contribution < 1.29 is 9.90 Å². The molecule has 1 rings (SSSR count). The van der Waals surface area contributed by atoms with Gasteiger partial charge in [-0.15, -0.1) is 0 Å². The Morgan fingerprint density at radius 3 is 2.75 bits per heavy atom. The quantitative estimate of drug-likeness (QED) is 0.767. The lowest BCUT2D eigenvalue weighted by Crippen LogP contribution is -2.35. The number of hydrogen-bond donors (Lipinski definition) is 1. The normalized spacial score (nSPS) is 10.6. The van der Waals surface area contributed by atoms with Gasteiger partial charge in [0.15, 0.2) is 5.78 Å². The smallest absolute Gasteiger partial charge is 0.163 e. The fraction of sp³-hybridized carbons (Fsp3) is 0.500. The number of carbonyl (C=O) groups excluding carboxylic acids is 1. The van der Waals surface area contributed by atoms with E-state index in [1.54, 1.807) is 18.3 Å². The number of pyridine rings is 1. The van der Waals surface area contributed by atoms with Crippen molar-refractivity contribution in [3.63, 3.8) is 0 Å². The van der Waals surface area contributed by atoms with Crippen LogP contribution in [0, 0.1) is 0 Å². The number of aromatic nitrogens is 1. The van der Waals surface area contributed by atoms with Crippen LogP contribution in [-0.2, 0) is 0 Å². The number of rotatable bonds is 5. The van der Waals surface area contributed by atoms with Gasteiger partial charge in [0, 0.05) is 18.8 Å². The second-order valence-electron chi connectivity index (χ2n) is 3.94. The summed E-state index contributed by atoms with van der Waals surface area (Å²) in [6.45, 7) is 6.07. The number of anilines is 1. The minimum absolute atomic E-state index is 0.00769. The molecule has 1 aromatic rings. The molecule has 0 bridgehead atoms. The highest BCUT2D eigenvalue weighted by Gasteiger charge is 2.17. The summed E-state index contributed by atoms with van der Waals surface area (Å²) >= 11 is 0. The van der Waals surface area contributed by atoms with Crippen LogP contribution in [0.5, 0.6) is 0 Å². The molecule has 0 amide bonds. The van der Waals surface area contributed by atoms with Gasteiger partial charge in [0.25, 0.3) is 0 Å². The maximum absolute atomic E-state index is 11.5. The van der Waals surface area contributed by atoms with Gasteiger partial charge < -0.3 is 10.0 Å². The molecule has 0 aliphatic carbocycles. The third-order valence-electron chi connectivity index (χ3n) is 2.40. The number of nitrogens with zero attached hydrogens (tertiary/aromatic N) is 2. The number of aliphatic hydroxyl groups is 1. The van der Waals surface area contributed by atoms with Crippen molar-refractivity contribution in [3.05, 3.63) is 23.9 Å². The van der Waals surface area contributed by atoms with Gasteiger partial charge in [0.1, 0.15) is 5.82 Å². The second kappa shape index (κ2) is 5.61. The second-order valence-corrected chi connectivity index (χ2v) is 3.94. The third-order valence-corrected chi connectivity index (χ3v) is 2.40. The molecule has 0 radical (unpaired) electrons. The first kappa shape index (κ1) is 12.6. The summed E-state index contributed by atoms with van der Waals surface area (Å²) in [5.41, 5.74) is 0.602. The highest BCUT2D eigenvalue weighted by atomic mass is 16.3. The van der Waals surface area contributed by atoms with Gasteiger partial charge >= 0.3 is 0 Å². The Balaban J connectivity index is 3.12. The lowest BCUT2D eigenvalue weighted by Gasteiger charge is -2.28. The number of Topliss-reactive ketones (excluding diaryl/α,β-unsaturated/α-hetero) is 1. The molecule has 4 heteroatoms. The SMILES string of the molecule is CC(=O)c1cccnc1N(CCO)C(C)C. The van der Waals surface area contributed by atoms with E-state index < -0.39 is 0 Å². The van der Waals surface area contributed by atoms with E-state index in [1.165, 1.54) is 6.92 Å². The van der Waals surface area contributed by atoms with Crippen molar-refractivity contribution in [3.8, 4) is 0 Å². The predicted octanol–water partition coefficient (Wildman–Crippen LogP) is 1.49. The Kier molecular flexibility index (Phi) is 4.43. The Hall–Kier alpha value is -1.42. The van der Waals surface area contributed by atoms with E-state index in [0.717, 1.165) is 0 Å². The van der Waals surface area contributed by atoms with E-state index in [9.17, 15) is 4.79 Å². The van der Waals surface area contributed by atoms with E-state index in [-0.39, 0.29) is 18.4 Å². The van der Waals surface area contributed by atoms with E-state index >= 15 is 0 Å². The van der Waals surface area contributed by atoms with Gasteiger partial charge in [-0.2, -0.15) is 0 Å². The molecule has 16 heavy (non-hydrogen) atoms. The first-order valence-electron chi connectivity index (χ1n) is 5.41. The Morgan fingerprint density at radius 1 is 1.56 bits per heavy atom. The van der Waals surface area contributed by atoms with E-state index in [1.807, 2.05) is 18.7 Å². The number of ketones is 1. The molecule has 1 heterocycles. The molecule has 1 N–H and O–H groups in total. The molecule has 0 aliphatic heterocycles. The van der Waals surface area contributed by atoms with Crippen molar-refractivity contribution in [1.82, 2.24) is 4.98 Å². The van der Waals surface area contributed by atoms with Gasteiger partial charge in [-0.1, -0.05) is 0 Å². The van der Waals surface area contributed by atoms with Gasteiger partial charge in [-0.25, -0.2) is 4.98 Å². The third kappa shape index (κ3) is 2.79. The largest absolute Gasteiger partial charge is 0.395 e. The summed E-state index contributed by atoms with van der Waals surface area (Å²) in [6.07, 6.45) is 1.66. The molecule has 0 aromatic carbocycles. The van der Waals surface area contributed by atoms with Crippen molar-refractivity contribution >= 4 is 11.6 Å². The number of carbonyl (C=O) groups is 1. The van der Waals surface area contributed by atoms with Crippen molar-refractivity contribution in [2.24, 2.45) is 0 Å². The molecule has 1 aromatic heterocycles. The molecular formula is C12H18N2O2. The Morgan fingerprint density at radius 2 is 2.25 bits per heavy atom. The highest BCUT2D eigenvalue weighted by Crippen LogP contribution is 2.19. The lowest BCUT2D eigenvalue weighted by molar-refractivity contribution is 0.101. The first-order valence-corrected chi connectivity index (χ1v) is 5.41. The average molecular weight is 222 g/mol. The average Bonchev–Trinajstić information content (AvgIpc) is 2.25. The summed E-state index contributed by atoms with van der Waals surface area (Å²) in [7, 11) is 0. The zero-order valence-electron chi connectivity index (χ0n) is 9.97. The molecule has 0 aliphatic rings. The van der Waals surface area contributed by atoms with Crippen LogP contribution in [0.1, 0.15) is 31.1 Å². The molecule has 0 atom stereocenters. The summed E-state index contributed by atoms with van der Waals surface area (Å²) < 4.78 is 0. The summed E-state index contributed by atoms with van der Waals surface area (Å²) in [4.78, 5) is 17.6. The van der Waals surface area contributed by atoms with E-state index in [0.29, 0.717) is 17.9 Å². The molecule has 88 valence electrons. The molecule has 0 saturated carbocycles. The van der Waals surface area contributed by atoms with Crippen LogP contribution >= 0.6 is 0 Å². The number of aliphatic hydroxyl groups excluding tert-OH is 1. The molecule has 4 nitrogen and oxygen atoms in total. The van der Waals surface area contributed by atoms with Crippen LogP contribution in [-0.4, -0.2) is 35.1 Å². The molecule has 0 unspecified atom stereocenters. The molecular weight excluding hydrogens is 204 g/mol. The number of hydrogen-bond acceptors (Lipinski definition) is 4. The minimum Gasteiger partial charge on any atom is -0.395 e. The minimum atomic E-state index is -0.00769. The maximum Gasteiger partial charge on any atom is 0.163 e. The van der Waals surface area contributed by atoms with Crippen LogP contribution in [0.25, 0.3) is 0 Å². The monoisotopic (exact) mass is 222 g/mol. The van der Waals surface area contributed by atoms with Gasteiger partial charge in [0.2, 0.25) is 0 Å². The lowest BCUT2D eigenvalue weighted by atomic mass is 10.1. The summed E-state index contributed by atoms with van der Waals surface area (Å²) in [5.74, 6) is 0.644.